The van der Waals surface area contributed by atoms with Crippen LogP contribution in [0.3, 0.4) is 0 Å². The monoisotopic (exact) mass is 352 g/mol. The first kappa shape index (κ1) is 21.4. The van der Waals surface area contributed by atoms with Gasteiger partial charge in [-0.05, 0) is 13.0 Å². The third-order valence-electron chi connectivity index (χ3n) is 3.55. The Hall–Kier alpha value is -0.556. The van der Waals surface area contributed by atoms with Crippen LogP contribution in [0.25, 0.3) is 0 Å². The molecule has 0 N–H and O–H groups in total. The third-order valence-corrected chi connectivity index (χ3v) is 10.2. The second-order valence-corrected chi connectivity index (χ2v) is 11.5. The third kappa shape index (κ3) is 6.28. The molecule has 22 heavy (non-hydrogen) atoms. The second kappa shape index (κ2) is 10.3. The van der Waals surface area contributed by atoms with Crippen LogP contribution in [-0.2, 0) is 31.7 Å². The molecule has 0 fully saturated rings. The lowest BCUT2D eigenvalue weighted by atomic mass is 10.4. The van der Waals surface area contributed by atoms with E-state index in [9.17, 15) is 4.79 Å². The summed E-state index contributed by atoms with van der Waals surface area (Å²) in [5.74, 6) is -0.412. The van der Waals surface area contributed by atoms with Crippen LogP contribution in [0.4, 0.5) is 0 Å². The second-order valence-electron chi connectivity index (χ2n) is 4.78. The molecule has 0 amide bonds. The summed E-state index contributed by atoms with van der Waals surface area (Å²) in [6.07, 6.45) is 0. The Morgan fingerprint density at radius 2 is 1.36 bits per heavy atom. The van der Waals surface area contributed by atoms with Crippen molar-refractivity contribution < 1.29 is 31.7 Å². The summed E-state index contributed by atoms with van der Waals surface area (Å²) in [6.45, 7) is 5.37. The molecule has 7 nitrogen and oxygen atoms in total. The molecular weight excluding hydrogens is 324 g/mol. The molecule has 0 bridgehead atoms. The zero-order chi connectivity index (χ0) is 17.2. The van der Waals surface area contributed by atoms with Gasteiger partial charge in [0.2, 0.25) is 0 Å². The summed E-state index contributed by atoms with van der Waals surface area (Å²) in [7, 11) is 2.70. The minimum Gasteiger partial charge on any atom is -0.462 e. The lowest BCUT2D eigenvalue weighted by Gasteiger charge is -2.31. The van der Waals surface area contributed by atoms with E-state index in [2.05, 4.69) is 6.58 Å². The topological polar surface area (TPSA) is 72.5 Å². The van der Waals surface area contributed by atoms with Crippen LogP contribution in [0.5, 0.6) is 0 Å². The van der Waals surface area contributed by atoms with Gasteiger partial charge in [0.05, 0.1) is 6.61 Å². The molecule has 0 aromatic rings. The molecule has 0 aromatic heterocycles. The van der Waals surface area contributed by atoms with Gasteiger partial charge in [-0.2, -0.15) is 0 Å². The van der Waals surface area contributed by atoms with E-state index in [1.165, 1.54) is 0 Å². The molecule has 0 aliphatic rings. The van der Waals surface area contributed by atoms with E-state index < -0.39 is 23.3 Å². The van der Waals surface area contributed by atoms with E-state index in [-0.39, 0.29) is 6.61 Å². The first-order chi connectivity index (χ1) is 10.3. The van der Waals surface area contributed by atoms with E-state index in [1.807, 2.05) is 0 Å². The molecule has 0 saturated carbocycles. The highest BCUT2D eigenvalue weighted by molar-refractivity contribution is 6.70. The first-order valence-corrected chi connectivity index (χ1v) is 11.1. The normalized spacial score (nSPS) is 12.3. The largest absolute Gasteiger partial charge is 0.500 e. The van der Waals surface area contributed by atoms with Crippen LogP contribution in [0.15, 0.2) is 12.2 Å². The number of rotatable bonds is 12. The van der Waals surface area contributed by atoms with Gasteiger partial charge in [0.25, 0.3) is 0 Å². The molecule has 130 valence electrons. The molecular formula is C13H28O7Si2. The maximum Gasteiger partial charge on any atom is 0.500 e. The number of carbonyl (C=O) groups excluding carboxylic acids is 1. The van der Waals surface area contributed by atoms with Crippen LogP contribution < -0.4 is 0 Å². The summed E-state index contributed by atoms with van der Waals surface area (Å²) in [4.78, 5) is 11.4. The van der Waals surface area contributed by atoms with Crippen molar-refractivity contribution in [2.24, 2.45) is 0 Å². The number of carbonyl (C=O) groups is 1. The van der Waals surface area contributed by atoms with E-state index in [0.29, 0.717) is 23.7 Å². The fraction of sp³-hybridized carbons (Fsp3) is 0.769. The zero-order valence-corrected chi connectivity index (χ0v) is 16.4. The lowest BCUT2D eigenvalue weighted by Crippen LogP contribution is -2.48. The van der Waals surface area contributed by atoms with Crippen molar-refractivity contribution in [3.8, 4) is 0 Å². The van der Waals surface area contributed by atoms with Gasteiger partial charge in [0.15, 0.2) is 0 Å². The fourth-order valence-corrected chi connectivity index (χ4v) is 7.45. The fourth-order valence-electron chi connectivity index (χ4n) is 1.94. The molecule has 0 radical (unpaired) electrons. The SMILES string of the molecule is C=C(C)C(=O)OCC[Si](CC[Si](OC)(OC)OC)(OC)OC. The number of hydrogen-bond donors (Lipinski definition) is 0. The Labute approximate surface area is 135 Å². The van der Waals surface area contributed by atoms with Gasteiger partial charge in [0.1, 0.15) is 0 Å². The summed E-state index contributed by atoms with van der Waals surface area (Å²) >= 11 is 0. The van der Waals surface area contributed by atoms with Gasteiger partial charge in [0, 0.05) is 53.2 Å². The number of esters is 1. The predicted molar refractivity (Wildman–Crippen MR) is 86.7 cm³/mol. The number of ether oxygens (including phenoxy) is 1. The molecule has 0 atom stereocenters. The quantitative estimate of drug-likeness (QED) is 0.301. The molecule has 9 heteroatoms. The summed E-state index contributed by atoms with van der Waals surface area (Å²) in [6, 6.07) is 1.70. The minimum absolute atomic E-state index is 0.223. The van der Waals surface area contributed by atoms with Gasteiger partial charge in [-0.25, -0.2) is 4.79 Å². The maximum absolute atomic E-state index is 11.4. The highest BCUT2D eigenvalue weighted by Gasteiger charge is 2.44. The van der Waals surface area contributed by atoms with E-state index in [1.54, 1.807) is 42.5 Å². The van der Waals surface area contributed by atoms with E-state index >= 15 is 0 Å². The summed E-state index contributed by atoms with van der Waals surface area (Å²) < 4.78 is 32.6. The molecule has 0 unspecified atom stereocenters. The van der Waals surface area contributed by atoms with Crippen LogP contribution >= 0.6 is 0 Å². The van der Waals surface area contributed by atoms with Crippen molar-refractivity contribution >= 4 is 23.3 Å². The Morgan fingerprint density at radius 1 is 0.864 bits per heavy atom. The van der Waals surface area contributed by atoms with E-state index in [0.717, 1.165) is 0 Å². The molecule has 0 aromatic carbocycles. The van der Waals surface area contributed by atoms with Crippen molar-refractivity contribution in [3.63, 3.8) is 0 Å². The smallest absolute Gasteiger partial charge is 0.462 e. The Kier molecular flexibility index (Phi) is 10.0. The Morgan fingerprint density at radius 3 is 1.73 bits per heavy atom. The Balaban J connectivity index is 4.67. The van der Waals surface area contributed by atoms with Crippen LogP contribution in [0, 0.1) is 0 Å². The minimum atomic E-state index is -2.69. The highest BCUT2D eigenvalue weighted by atomic mass is 28.4. The van der Waals surface area contributed by atoms with Crippen molar-refractivity contribution in [1.82, 2.24) is 0 Å². The highest BCUT2D eigenvalue weighted by Crippen LogP contribution is 2.26. The van der Waals surface area contributed by atoms with Gasteiger partial charge in [-0.3, -0.25) is 0 Å². The maximum atomic E-state index is 11.4. The van der Waals surface area contributed by atoms with Crippen molar-refractivity contribution in [1.29, 1.82) is 0 Å². The summed E-state index contributed by atoms with van der Waals surface area (Å²) in [5, 5.41) is 0. The van der Waals surface area contributed by atoms with Gasteiger partial charge >= 0.3 is 23.3 Å². The average Bonchev–Trinajstić information content (AvgIpc) is 2.54. The molecule has 0 aliphatic heterocycles. The molecule has 0 saturated heterocycles. The van der Waals surface area contributed by atoms with Crippen molar-refractivity contribution in [2.75, 3.05) is 42.2 Å². The van der Waals surface area contributed by atoms with Crippen molar-refractivity contribution in [3.05, 3.63) is 12.2 Å². The van der Waals surface area contributed by atoms with Gasteiger partial charge < -0.3 is 26.9 Å². The van der Waals surface area contributed by atoms with Crippen molar-refractivity contribution in [2.45, 2.75) is 25.1 Å². The van der Waals surface area contributed by atoms with Crippen LogP contribution in [0.2, 0.25) is 18.1 Å². The predicted octanol–water partition coefficient (Wildman–Crippen LogP) is 1.72. The number of hydrogen-bond acceptors (Lipinski definition) is 7. The zero-order valence-electron chi connectivity index (χ0n) is 14.4. The standard InChI is InChI=1S/C13H28O7Si2/c1-12(2)13(14)20-8-9-21(15-3,16-4)10-11-22(17-5,18-6)19-7/h1,8-11H2,2-7H3. The first-order valence-electron chi connectivity index (χ1n) is 6.92. The van der Waals surface area contributed by atoms with Gasteiger partial charge in [-0.1, -0.05) is 6.58 Å². The molecule has 0 heterocycles. The lowest BCUT2D eigenvalue weighted by molar-refractivity contribution is -0.138. The van der Waals surface area contributed by atoms with Crippen LogP contribution in [-0.4, -0.2) is 65.5 Å². The van der Waals surface area contributed by atoms with Crippen LogP contribution in [0.1, 0.15) is 6.92 Å². The van der Waals surface area contributed by atoms with Gasteiger partial charge in [-0.15, -0.1) is 0 Å². The van der Waals surface area contributed by atoms with E-state index in [4.69, 9.17) is 26.9 Å². The molecule has 0 aliphatic carbocycles. The molecule has 0 spiro atoms. The average molecular weight is 353 g/mol. The summed E-state index contributed by atoms with van der Waals surface area (Å²) in [5.41, 5.74) is 0.367. The molecule has 0 rings (SSSR count). The Bertz CT molecular complexity index is 346.